The first-order chi connectivity index (χ1) is 16.5. The van der Waals surface area contributed by atoms with E-state index < -0.39 is 0 Å². The molecule has 0 unspecified atom stereocenters. The molecular weight excluding hydrogens is 430 g/mol. The van der Waals surface area contributed by atoms with Gasteiger partial charge in [-0.2, -0.15) is 0 Å². The summed E-state index contributed by atoms with van der Waals surface area (Å²) in [5.41, 5.74) is 4.47. The molecule has 0 aliphatic carbocycles. The number of hydrogen-bond donors (Lipinski definition) is 5. The summed E-state index contributed by atoms with van der Waals surface area (Å²) in [6.45, 7) is 2.89. The molecule has 0 saturated carbocycles. The Morgan fingerprint density at radius 3 is 2.29 bits per heavy atom. The van der Waals surface area contributed by atoms with Crippen LogP contribution in [0.5, 0.6) is 11.5 Å². The van der Waals surface area contributed by atoms with Gasteiger partial charge >= 0.3 is 0 Å². The number of rotatable bonds is 9. The zero-order valence-electron chi connectivity index (χ0n) is 18.9. The summed E-state index contributed by atoms with van der Waals surface area (Å²) in [5, 5.41) is 25.8. The summed E-state index contributed by atoms with van der Waals surface area (Å²) in [7, 11) is 0. The van der Waals surface area contributed by atoms with Crippen LogP contribution in [0.25, 0.3) is 11.3 Å². The average molecular weight is 458 g/mol. The molecule has 2 aromatic carbocycles. The quantitative estimate of drug-likeness (QED) is 0.260. The standard InChI is InChI=1S/C26H27N5O3/c1-17-15-30-26(28-13-11-19-7-3-5-9-23(19)33)31-24(17)20-14-21(29-16-20)25(34)27-12-10-18-6-2-4-8-22(18)32/h2-9,14-16,29,32-33H,10-13H2,1H3,(H,27,34)(H,28,30,31). The van der Waals surface area contributed by atoms with Gasteiger partial charge in [0.2, 0.25) is 5.95 Å². The average Bonchev–Trinajstić information content (AvgIpc) is 3.33. The number of anilines is 1. The number of carbonyl (C=O) groups is 1. The Morgan fingerprint density at radius 2 is 1.62 bits per heavy atom. The van der Waals surface area contributed by atoms with Crippen LogP contribution in [0.15, 0.2) is 67.0 Å². The van der Waals surface area contributed by atoms with Crippen molar-refractivity contribution in [1.82, 2.24) is 20.3 Å². The Kier molecular flexibility index (Phi) is 7.07. The molecule has 4 rings (SSSR count). The second-order valence-corrected chi connectivity index (χ2v) is 7.97. The summed E-state index contributed by atoms with van der Waals surface area (Å²) in [5.74, 6) is 0.747. The van der Waals surface area contributed by atoms with Crippen molar-refractivity contribution in [2.45, 2.75) is 19.8 Å². The van der Waals surface area contributed by atoms with Crippen molar-refractivity contribution in [2.24, 2.45) is 0 Å². The number of phenols is 2. The van der Waals surface area contributed by atoms with E-state index >= 15 is 0 Å². The van der Waals surface area contributed by atoms with Crippen molar-refractivity contribution in [3.63, 3.8) is 0 Å². The van der Waals surface area contributed by atoms with Gasteiger partial charge in [-0.1, -0.05) is 36.4 Å². The smallest absolute Gasteiger partial charge is 0.267 e. The molecule has 34 heavy (non-hydrogen) atoms. The minimum Gasteiger partial charge on any atom is -0.508 e. The molecule has 2 heterocycles. The van der Waals surface area contributed by atoms with Crippen LogP contribution >= 0.6 is 0 Å². The number of nitrogens with one attached hydrogen (secondary N) is 3. The summed E-state index contributed by atoms with van der Waals surface area (Å²) < 4.78 is 0. The Bertz CT molecular complexity index is 1280. The van der Waals surface area contributed by atoms with Crippen molar-refractivity contribution in [3.8, 4) is 22.8 Å². The summed E-state index contributed by atoms with van der Waals surface area (Å²) >= 11 is 0. The van der Waals surface area contributed by atoms with E-state index in [-0.39, 0.29) is 17.4 Å². The van der Waals surface area contributed by atoms with Crippen LogP contribution < -0.4 is 10.6 Å². The van der Waals surface area contributed by atoms with E-state index in [0.29, 0.717) is 37.6 Å². The minimum absolute atomic E-state index is 0.225. The maximum Gasteiger partial charge on any atom is 0.267 e. The molecule has 0 atom stereocenters. The normalized spacial score (nSPS) is 10.7. The highest BCUT2D eigenvalue weighted by Gasteiger charge is 2.13. The molecular formula is C26H27N5O3. The molecule has 0 saturated heterocycles. The van der Waals surface area contributed by atoms with E-state index in [1.54, 1.807) is 42.7 Å². The largest absolute Gasteiger partial charge is 0.508 e. The number of phenolic OH excluding ortho intramolecular Hbond substituents is 2. The molecule has 0 radical (unpaired) electrons. The second-order valence-electron chi connectivity index (χ2n) is 7.97. The minimum atomic E-state index is -0.227. The first-order valence-corrected chi connectivity index (χ1v) is 11.1. The van der Waals surface area contributed by atoms with E-state index in [1.165, 1.54) is 0 Å². The van der Waals surface area contributed by atoms with E-state index in [4.69, 9.17) is 0 Å². The third-order valence-electron chi connectivity index (χ3n) is 5.51. The van der Waals surface area contributed by atoms with Gasteiger partial charge in [0.25, 0.3) is 5.91 Å². The number of aryl methyl sites for hydroxylation is 1. The molecule has 0 bridgehead atoms. The molecule has 5 N–H and O–H groups in total. The van der Waals surface area contributed by atoms with Crippen molar-refractivity contribution >= 4 is 11.9 Å². The molecule has 1 amide bonds. The third-order valence-corrected chi connectivity index (χ3v) is 5.51. The van der Waals surface area contributed by atoms with Gasteiger partial charge < -0.3 is 25.8 Å². The van der Waals surface area contributed by atoms with Crippen LogP contribution in [0.2, 0.25) is 0 Å². The molecule has 0 aliphatic rings. The lowest BCUT2D eigenvalue weighted by atomic mass is 10.1. The molecule has 0 spiro atoms. The number of benzene rings is 2. The number of aromatic hydroxyl groups is 2. The number of aromatic amines is 1. The summed E-state index contributed by atoms with van der Waals surface area (Å²) in [4.78, 5) is 24.5. The number of nitrogens with zero attached hydrogens (tertiary/aromatic N) is 2. The van der Waals surface area contributed by atoms with E-state index in [1.807, 2.05) is 31.2 Å². The zero-order valence-corrected chi connectivity index (χ0v) is 18.9. The van der Waals surface area contributed by atoms with Gasteiger partial charge in [-0.05, 0) is 54.7 Å². The van der Waals surface area contributed by atoms with Crippen LogP contribution in [-0.2, 0) is 12.8 Å². The van der Waals surface area contributed by atoms with Crippen LogP contribution in [0.1, 0.15) is 27.2 Å². The topological polar surface area (TPSA) is 123 Å². The van der Waals surface area contributed by atoms with Gasteiger partial charge in [0, 0.05) is 31.0 Å². The second kappa shape index (κ2) is 10.5. The number of aromatic nitrogens is 3. The maximum atomic E-state index is 12.5. The highest BCUT2D eigenvalue weighted by molar-refractivity contribution is 5.93. The lowest BCUT2D eigenvalue weighted by molar-refractivity contribution is 0.0949. The van der Waals surface area contributed by atoms with Gasteiger partial charge in [-0.15, -0.1) is 0 Å². The number of carbonyl (C=O) groups excluding carboxylic acids is 1. The summed E-state index contributed by atoms with van der Waals surface area (Å²) in [6.07, 6.45) is 4.66. The highest BCUT2D eigenvalue weighted by Crippen LogP contribution is 2.23. The lowest BCUT2D eigenvalue weighted by Gasteiger charge is -2.09. The van der Waals surface area contributed by atoms with Crippen LogP contribution in [-0.4, -0.2) is 44.2 Å². The van der Waals surface area contributed by atoms with Gasteiger partial charge in [0.15, 0.2) is 0 Å². The predicted octanol–water partition coefficient (Wildman–Crippen LogP) is 3.82. The van der Waals surface area contributed by atoms with Crippen molar-refractivity contribution < 1.29 is 15.0 Å². The monoisotopic (exact) mass is 457 g/mol. The first-order valence-electron chi connectivity index (χ1n) is 11.1. The van der Waals surface area contributed by atoms with Crippen molar-refractivity contribution in [2.75, 3.05) is 18.4 Å². The number of para-hydroxylation sites is 2. The van der Waals surface area contributed by atoms with E-state index in [9.17, 15) is 15.0 Å². The van der Waals surface area contributed by atoms with E-state index in [2.05, 4.69) is 25.6 Å². The fourth-order valence-corrected chi connectivity index (χ4v) is 3.64. The number of hydrogen-bond acceptors (Lipinski definition) is 6. The summed E-state index contributed by atoms with van der Waals surface area (Å²) in [6, 6.07) is 16.1. The molecule has 0 fully saturated rings. The van der Waals surface area contributed by atoms with Gasteiger partial charge in [0.05, 0.1) is 5.69 Å². The molecule has 2 aromatic heterocycles. The Balaban J connectivity index is 1.36. The Labute approximate surface area is 197 Å². The molecule has 8 nitrogen and oxygen atoms in total. The van der Waals surface area contributed by atoms with E-state index in [0.717, 1.165) is 27.9 Å². The predicted molar refractivity (Wildman–Crippen MR) is 131 cm³/mol. The molecule has 0 aliphatic heterocycles. The lowest BCUT2D eigenvalue weighted by Crippen LogP contribution is -2.25. The SMILES string of the molecule is Cc1cnc(NCCc2ccccc2O)nc1-c1c[nH]c(C(=O)NCCc2ccccc2O)c1. The third kappa shape index (κ3) is 5.53. The number of H-pyrrole nitrogens is 1. The Hall–Kier alpha value is -4.33. The van der Waals surface area contributed by atoms with Crippen molar-refractivity contribution in [3.05, 3.63) is 89.4 Å². The molecule has 4 aromatic rings. The van der Waals surface area contributed by atoms with Crippen LogP contribution in [0, 0.1) is 6.92 Å². The number of amides is 1. The maximum absolute atomic E-state index is 12.5. The molecule has 8 heteroatoms. The fourth-order valence-electron chi connectivity index (χ4n) is 3.64. The fraction of sp³-hybridized carbons (Fsp3) is 0.192. The van der Waals surface area contributed by atoms with Crippen LogP contribution in [0.3, 0.4) is 0 Å². The first kappa shape index (κ1) is 22.8. The van der Waals surface area contributed by atoms with Gasteiger partial charge in [0.1, 0.15) is 17.2 Å². The Morgan fingerprint density at radius 1 is 0.971 bits per heavy atom. The van der Waals surface area contributed by atoms with Gasteiger partial charge in [-0.3, -0.25) is 4.79 Å². The van der Waals surface area contributed by atoms with Crippen LogP contribution in [0.4, 0.5) is 5.95 Å². The highest BCUT2D eigenvalue weighted by atomic mass is 16.3. The van der Waals surface area contributed by atoms with Gasteiger partial charge in [-0.25, -0.2) is 9.97 Å². The van der Waals surface area contributed by atoms with Crippen molar-refractivity contribution in [1.29, 1.82) is 0 Å². The zero-order chi connectivity index (χ0) is 23.9. The molecule has 174 valence electrons.